The molecule has 130 valence electrons. The molecule has 2 N–H and O–H groups in total. The summed E-state index contributed by atoms with van der Waals surface area (Å²) in [6.07, 6.45) is 0. The van der Waals surface area contributed by atoms with Crippen molar-refractivity contribution >= 4 is 45.4 Å². The minimum atomic E-state index is -0.179. The predicted molar refractivity (Wildman–Crippen MR) is 107 cm³/mol. The number of hydrogen-bond acceptors (Lipinski definition) is 5. The highest BCUT2D eigenvalue weighted by atomic mass is 32.1. The minimum absolute atomic E-state index is 0.179. The normalized spacial score (nSPS) is 11.1. The number of fused-ring (bicyclic) bond motifs is 2. The molecule has 0 aliphatic rings. The van der Waals surface area contributed by atoms with Crippen LogP contribution < -0.4 is 5.32 Å². The summed E-state index contributed by atoms with van der Waals surface area (Å²) in [5.74, 6) is 0.622. The number of nitrogens with one attached hydrogen (secondary N) is 2. The van der Waals surface area contributed by atoms with Crippen LogP contribution in [0.25, 0.3) is 33.5 Å². The van der Waals surface area contributed by atoms with Gasteiger partial charge in [0.2, 0.25) is 0 Å². The van der Waals surface area contributed by atoms with Gasteiger partial charge in [-0.15, -0.1) is 0 Å². The van der Waals surface area contributed by atoms with Crippen LogP contribution in [-0.4, -0.2) is 24.6 Å². The van der Waals surface area contributed by atoms with Crippen LogP contribution in [0.2, 0.25) is 0 Å². The Morgan fingerprint density at radius 1 is 0.889 bits per heavy atom. The number of H-pyrrole nitrogens is 1. The molecular formula is C20H13N5OS. The molecule has 0 bridgehead atoms. The van der Waals surface area contributed by atoms with Crippen LogP contribution in [0, 0.1) is 0 Å². The first kappa shape index (κ1) is 15.7. The van der Waals surface area contributed by atoms with Crippen molar-refractivity contribution in [1.29, 1.82) is 0 Å². The average Bonchev–Trinajstić information content (AvgIpc) is 3.34. The van der Waals surface area contributed by atoms with Crippen molar-refractivity contribution in [3.05, 3.63) is 72.3 Å². The van der Waals surface area contributed by atoms with E-state index in [2.05, 4.69) is 24.0 Å². The quantitative estimate of drug-likeness (QED) is 0.489. The lowest BCUT2D eigenvalue weighted by Crippen LogP contribution is -2.11. The van der Waals surface area contributed by atoms with Crippen molar-refractivity contribution in [2.75, 3.05) is 5.32 Å². The molecule has 0 unspecified atom stereocenters. The van der Waals surface area contributed by atoms with E-state index < -0.39 is 0 Å². The van der Waals surface area contributed by atoms with Gasteiger partial charge in [-0.3, -0.25) is 4.79 Å². The molecule has 3 aromatic carbocycles. The zero-order chi connectivity index (χ0) is 18.2. The second-order valence-corrected chi connectivity index (χ2v) is 6.63. The van der Waals surface area contributed by atoms with Crippen molar-refractivity contribution in [1.82, 2.24) is 18.7 Å². The van der Waals surface area contributed by atoms with Gasteiger partial charge in [-0.05, 0) is 54.6 Å². The van der Waals surface area contributed by atoms with E-state index >= 15 is 0 Å². The summed E-state index contributed by atoms with van der Waals surface area (Å²) >= 11 is 1.14. The molecule has 2 aromatic heterocycles. The highest BCUT2D eigenvalue weighted by molar-refractivity contribution is 7.00. The Morgan fingerprint density at radius 2 is 1.70 bits per heavy atom. The monoisotopic (exact) mass is 371 g/mol. The molecule has 6 nitrogen and oxygen atoms in total. The SMILES string of the molecule is O=C(Nc1ccc(-c2nc3ccccc3[nH]2)cc1)c1ccc2nsnc2c1. The molecule has 2 heterocycles. The third-order valence-corrected chi connectivity index (χ3v) is 4.88. The number of anilines is 1. The maximum absolute atomic E-state index is 12.5. The molecule has 5 aromatic rings. The number of carbonyl (C=O) groups excluding carboxylic acids is 1. The lowest BCUT2D eigenvalue weighted by molar-refractivity contribution is 0.102. The van der Waals surface area contributed by atoms with Crippen molar-refractivity contribution in [3.8, 4) is 11.4 Å². The van der Waals surface area contributed by atoms with E-state index in [1.165, 1.54) is 0 Å². The molecular weight excluding hydrogens is 358 g/mol. The van der Waals surface area contributed by atoms with E-state index in [0.29, 0.717) is 5.56 Å². The smallest absolute Gasteiger partial charge is 0.255 e. The maximum atomic E-state index is 12.5. The number of para-hydroxylation sites is 2. The van der Waals surface area contributed by atoms with Gasteiger partial charge < -0.3 is 10.3 Å². The third-order valence-electron chi connectivity index (χ3n) is 4.32. The number of aromatic nitrogens is 4. The lowest BCUT2D eigenvalue weighted by atomic mass is 10.1. The molecule has 0 saturated heterocycles. The Kier molecular flexibility index (Phi) is 3.65. The summed E-state index contributed by atoms with van der Waals surface area (Å²) in [7, 11) is 0. The standard InChI is InChI=1S/C20H13N5OS/c26-20(13-7-10-17-18(11-13)25-27-24-17)21-14-8-5-12(6-9-14)19-22-15-3-1-2-4-16(15)23-19/h1-11H,(H,21,26)(H,22,23). The number of carbonyl (C=O) groups is 1. The summed E-state index contributed by atoms with van der Waals surface area (Å²) in [6, 6.07) is 20.8. The Morgan fingerprint density at radius 3 is 2.56 bits per heavy atom. The number of rotatable bonds is 3. The van der Waals surface area contributed by atoms with Gasteiger partial charge in [0, 0.05) is 16.8 Å². The van der Waals surface area contributed by atoms with Crippen LogP contribution >= 0.6 is 11.7 Å². The fourth-order valence-corrected chi connectivity index (χ4v) is 3.44. The van der Waals surface area contributed by atoms with E-state index in [0.717, 1.165) is 50.9 Å². The second-order valence-electron chi connectivity index (χ2n) is 6.10. The van der Waals surface area contributed by atoms with Gasteiger partial charge in [-0.1, -0.05) is 12.1 Å². The molecule has 0 saturated carbocycles. The van der Waals surface area contributed by atoms with Gasteiger partial charge in [0.25, 0.3) is 5.91 Å². The first-order valence-electron chi connectivity index (χ1n) is 8.35. The van der Waals surface area contributed by atoms with Crippen LogP contribution in [0.1, 0.15) is 10.4 Å². The number of imidazole rings is 1. The molecule has 27 heavy (non-hydrogen) atoms. The number of benzene rings is 3. The molecule has 0 radical (unpaired) electrons. The number of hydrogen-bond donors (Lipinski definition) is 2. The average molecular weight is 371 g/mol. The number of aromatic amines is 1. The molecule has 0 aliphatic carbocycles. The number of nitrogens with zero attached hydrogens (tertiary/aromatic N) is 3. The summed E-state index contributed by atoms with van der Waals surface area (Å²) < 4.78 is 8.32. The molecule has 0 fully saturated rings. The molecule has 1 amide bonds. The Labute approximate surface area is 158 Å². The fraction of sp³-hybridized carbons (Fsp3) is 0. The van der Waals surface area contributed by atoms with Crippen molar-refractivity contribution in [2.45, 2.75) is 0 Å². The van der Waals surface area contributed by atoms with Crippen LogP contribution in [-0.2, 0) is 0 Å². The van der Waals surface area contributed by atoms with E-state index in [9.17, 15) is 4.79 Å². The highest BCUT2D eigenvalue weighted by Crippen LogP contribution is 2.22. The van der Waals surface area contributed by atoms with E-state index in [4.69, 9.17) is 0 Å². The molecule has 0 spiro atoms. The Bertz CT molecular complexity index is 1240. The fourth-order valence-electron chi connectivity index (χ4n) is 2.93. The van der Waals surface area contributed by atoms with Crippen molar-refractivity contribution in [3.63, 3.8) is 0 Å². The molecule has 5 rings (SSSR count). The first-order valence-corrected chi connectivity index (χ1v) is 9.08. The summed E-state index contributed by atoms with van der Waals surface area (Å²) in [4.78, 5) is 20.4. The van der Waals surface area contributed by atoms with Gasteiger partial charge in [-0.25, -0.2) is 4.98 Å². The van der Waals surface area contributed by atoms with Crippen LogP contribution in [0.3, 0.4) is 0 Å². The van der Waals surface area contributed by atoms with E-state index in [1.54, 1.807) is 18.2 Å². The number of amides is 1. The van der Waals surface area contributed by atoms with Crippen LogP contribution in [0.15, 0.2) is 66.7 Å². The first-order chi connectivity index (χ1) is 13.3. The third kappa shape index (κ3) is 2.94. The van der Waals surface area contributed by atoms with Crippen LogP contribution in [0.4, 0.5) is 5.69 Å². The van der Waals surface area contributed by atoms with E-state index in [1.807, 2.05) is 48.5 Å². The van der Waals surface area contributed by atoms with Gasteiger partial charge in [-0.2, -0.15) is 8.75 Å². The van der Waals surface area contributed by atoms with Gasteiger partial charge >= 0.3 is 0 Å². The van der Waals surface area contributed by atoms with Gasteiger partial charge in [0.1, 0.15) is 16.9 Å². The zero-order valence-electron chi connectivity index (χ0n) is 14.0. The largest absolute Gasteiger partial charge is 0.338 e. The lowest BCUT2D eigenvalue weighted by Gasteiger charge is -2.06. The minimum Gasteiger partial charge on any atom is -0.338 e. The topological polar surface area (TPSA) is 83.6 Å². The van der Waals surface area contributed by atoms with Crippen molar-refractivity contribution < 1.29 is 4.79 Å². The molecule has 0 aliphatic heterocycles. The Hall–Kier alpha value is -3.58. The molecule has 7 heteroatoms. The maximum Gasteiger partial charge on any atom is 0.255 e. The van der Waals surface area contributed by atoms with Gasteiger partial charge in [0.05, 0.1) is 22.8 Å². The van der Waals surface area contributed by atoms with Gasteiger partial charge in [0.15, 0.2) is 0 Å². The molecule has 0 atom stereocenters. The predicted octanol–water partition coefficient (Wildman–Crippen LogP) is 4.49. The second kappa shape index (κ2) is 6.30. The highest BCUT2D eigenvalue weighted by Gasteiger charge is 2.10. The summed E-state index contributed by atoms with van der Waals surface area (Å²) in [5.41, 5.74) is 5.68. The van der Waals surface area contributed by atoms with Crippen molar-refractivity contribution in [2.24, 2.45) is 0 Å². The zero-order valence-corrected chi connectivity index (χ0v) is 14.8. The summed E-state index contributed by atoms with van der Waals surface area (Å²) in [6.45, 7) is 0. The van der Waals surface area contributed by atoms with E-state index in [-0.39, 0.29) is 5.91 Å². The summed E-state index contributed by atoms with van der Waals surface area (Å²) in [5, 5.41) is 2.91. The Balaban J connectivity index is 1.37. The van der Waals surface area contributed by atoms with Crippen LogP contribution in [0.5, 0.6) is 0 Å².